The van der Waals surface area contributed by atoms with E-state index in [0.29, 0.717) is 33.7 Å². The molecule has 3 rings (SSSR count). The quantitative estimate of drug-likeness (QED) is 0.586. The molecule has 0 spiro atoms. The molecule has 2 aromatic carbocycles. The summed E-state index contributed by atoms with van der Waals surface area (Å²) in [5.41, 5.74) is 8.59. The first kappa shape index (κ1) is 18.0. The summed E-state index contributed by atoms with van der Waals surface area (Å²) < 4.78 is 0. The minimum absolute atomic E-state index is 0.298. The summed E-state index contributed by atoms with van der Waals surface area (Å²) >= 11 is 11.9. The zero-order chi connectivity index (χ0) is 18.5. The lowest BCUT2D eigenvalue weighted by Gasteiger charge is -2.11. The third-order valence-corrected chi connectivity index (χ3v) is 4.23. The number of hydrogen-bond donors (Lipinski definition) is 3. The van der Waals surface area contributed by atoms with Crippen LogP contribution in [0.5, 0.6) is 0 Å². The maximum absolute atomic E-state index is 12.4. The second kappa shape index (κ2) is 8.08. The average molecular weight is 387 g/mol. The number of halogens is 2. The topological polar surface area (TPSA) is 80.0 Å². The van der Waals surface area contributed by atoms with E-state index in [1.807, 2.05) is 36.4 Å². The van der Waals surface area contributed by atoms with E-state index < -0.39 is 0 Å². The molecule has 132 valence electrons. The Hall–Kier alpha value is -2.76. The Kier molecular flexibility index (Phi) is 5.61. The summed E-state index contributed by atoms with van der Waals surface area (Å²) in [6.07, 6.45) is 1.64. The molecule has 0 radical (unpaired) electrons. The van der Waals surface area contributed by atoms with E-state index in [-0.39, 0.29) is 5.91 Å². The maximum atomic E-state index is 12.4. The van der Waals surface area contributed by atoms with Crippen molar-refractivity contribution < 1.29 is 4.79 Å². The Bertz CT molecular complexity index is 946. The average Bonchev–Trinajstić information content (AvgIpc) is 2.61. The van der Waals surface area contributed by atoms with E-state index in [2.05, 4.69) is 15.6 Å². The van der Waals surface area contributed by atoms with Gasteiger partial charge in [-0.2, -0.15) is 0 Å². The molecule has 1 amide bonds. The van der Waals surface area contributed by atoms with Gasteiger partial charge in [-0.15, -0.1) is 0 Å². The summed E-state index contributed by atoms with van der Waals surface area (Å²) in [4.78, 5) is 16.4. The van der Waals surface area contributed by atoms with Gasteiger partial charge in [-0.05, 0) is 48.0 Å². The van der Waals surface area contributed by atoms with Gasteiger partial charge in [0.2, 0.25) is 0 Å². The number of benzene rings is 2. The first-order valence-corrected chi connectivity index (χ1v) is 8.58. The summed E-state index contributed by atoms with van der Waals surface area (Å²) in [6.45, 7) is 0.543. The van der Waals surface area contributed by atoms with Crippen molar-refractivity contribution in [1.29, 1.82) is 0 Å². The second-order valence-corrected chi connectivity index (χ2v) is 6.41. The molecule has 0 saturated carbocycles. The van der Waals surface area contributed by atoms with E-state index in [0.717, 1.165) is 11.3 Å². The Morgan fingerprint density at radius 3 is 2.69 bits per heavy atom. The lowest BCUT2D eigenvalue weighted by Crippen LogP contribution is -2.12. The fraction of sp³-hybridized carbons (Fsp3) is 0.0526. The van der Waals surface area contributed by atoms with Crippen LogP contribution >= 0.6 is 23.2 Å². The molecule has 7 heteroatoms. The lowest BCUT2D eigenvalue weighted by atomic mass is 10.1. The molecular formula is C19H16Cl2N4O. The fourth-order valence-corrected chi connectivity index (χ4v) is 2.89. The van der Waals surface area contributed by atoms with E-state index in [4.69, 9.17) is 28.9 Å². The first-order valence-electron chi connectivity index (χ1n) is 7.82. The number of anilines is 3. The number of carbonyl (C=O) groups excluding carboxylic acids is 1. The molecule has 26 heavy (non-hydrogen) atoms. The molecule has 1 aromatic heterocycles. The van der Waals surface area contributed by atoms with Crippen molar-refractivity contribution in [2.45, 2.75) is 6.54 Å². The SMILES string of the molecule is Nc1ncccc1NCc1cccc(NC(=O)c2ccc(Cl)cc2Cl)c1. The van der Waals surface area contributed by atoms with Crippen molar-refractivity contribution in [3.05, 3.63) is 82.0 Å². The summed E-state index contributed by atoms with van der Waals surface area (Å²) in [7, 11) is 0. The predicted molar refractivity (Wildman–Crippen MR) is 107 cm³/mol. The van der Waals surface area contributed by atoms with Crippen LogP contribution < -0.4 is 16.4 Å². The largest absolute Gasteiger partial charge is 0.382 e. The molecular weight excluding hydrogens is 371 g/mol. The van der Waals surface area contributed by atoms with E-state index in [9.17, 15) is 4.79 Å². The van der Waals surface area contributed by atoms with Gasteiger partial charge in [0.1, 0.15) is 5.82 Å². The molecule has 0 fully saturated rings. The Balaban J connectivity index is 1.69. The van der Waals surface area contributed by atoms with Crippen molar-refractivity contribution in [1.82, 2.24) is 4.98 Å². The lowest BCUT2D eigenvalue weighted by molar-refractivity contribution is 0.102. The maximum Gasteiger partial charge on any atom is 0.257 e. The molecule has 0 saturated heterocycles. The van der Waals surface area contributed by atoms with Crippen molar-refractivity contribution in [3.63, 3.8) is 0 Å². The number of nitrogen functional groups attached to an aromatic ring is 1. The monoisotopic (exact) mass is 386 g/mol. The fourth-order valence-electron chi connectivity index (χ4n) is 2.40. The van der Waals surface area contributed by atoms with Crippen LogP contribution in [0.4, 0.5) is 17.2 Å². The molecule has 4 N–H and O–H groups in total. The third-order valence-electron chi connectivity index (χ3n) is 3.68. The zero-order valence-corrected chi connectivity index (χ0v) is 15.2. The molecule has 0 unspecified atom stereocenters. The third kappa shape index (κ3) is 4.45. The highest BCUT2D eigenvalue weighted by atomic mass is 35.5. The van der Waals surface area contributed by atoms with Crippen LogP contribution in [0.2, 0.25) is 10.0 Å². The van der Waals surface area contributed by atoms with Crippen molar-refractivity contribution >= 4 is 46.3 Å². The highest BCUT2D eigenvalue weighted by Crippen LogP contribution is 2.22. The van der Waals surface area contributed by atoms with Crippen LogP contribution in [0.15, 0.2) is 60.8 Å². The number of nitrogens with zero attached hydrogens (tertiary/aromatic N) is 1. The van der Waals surface area contributed by atoms with Gasteiger partial charge in [0.15, 0.2) is 0 Å². The van der Waals surface area contributed by atoms with Gasteiger partial charge in [-0.25, -0.2) is 4.98 Å². The predicted octanol–water partition coefficient (Wildman–Crippen LogP) is 4.84. The number of hydrogen-bond acceptors (Lipinski definition) is 4. The number of carbonyl (C=O) groups is 1. The molecule has 0 bridgehead atoms. The molecule has 5 nitrogen and oxygen atoms in total. The van der Waals surface area contributed by atoms with Gasteiger partial charge in [0.05, 0.1) is 16.3 Å². The first-order chi connectivity index (χ1) is 12.5. The number of aromatic nitrogens is 1. The second-order valence-electron chi connectivity index (χ2n) is 5.57. The van der Waals surface area contributed by atoms with Crippen molar-refractivity contribution in [2.75, 3.05) is 16.4 Å². The van der Waals surface area contributed by atoms with E-state index in [1.54, 1.807) is 18.3 Å². The normalized spacial score (nSPS) is 10.4. The van der Waals surface area contributed by atoms with Gasteiger partial charge in [-0.3, -0.25) is 4.79 Å². The molecule has 0 atom stereocenters. The summed E-state index contributed by atoms with van der Waals surface area (Å²) in [6, 6.07) is 15.9. The van der Waals surface area contributed by atoms with Gasteiger partial charge >= 0.3 is 0 Å². The molecule has 1 heterocycles. The van der Waals surface area contributed by atoms with E-state index >= 15 is 0 Å². The smallest absolute Gasteiger partial charge is 0.257 e. The minimum atomic E-state index is -0.298. The Morgan fingerprint density at radius 1 is 1.08 bits per heavy atom. The van der Waals surface area contributed by atoms with Crippen LogP contribution in [0, 0.1) is 0 Å². The Labute approximate surface area is 161 Å². The van der Waals surface area contributed by atoms with Crippen LogP contribution in [0.3, 0.4) is 0 Å². The van der Waals surface area contributed by atoms with Gasteiger partial charge < -0.3 is 16.4 Å². The van der Waals surface area contributed by atoms with Crippen LogP contribution in [-0.2, 0) is 6.54 Å². The minimum Gasteiger partial charge on any atom is -0.382 e. The highest BCUT2D eigenvalue weighted by molar-refractivity contribution is 6.37. The Morgan fingerprint density at radius 2 is 1.92 bits per heavy atom. The standard InChI is InChI=1S/C19H16Cl2N4O/c20-13-6-7-15(16(21)10-13)19(26)25-14-4-1-3-12(9-14)11-24-17-5-2-8-23-18(17)22/h1-10,24H,11H2,(H2,22,23)(H,25,26). The van der Waals surface area contributed by atoms with Crippen LogP contribution in [0.25, 0.3) is 0 Å². The number of amides is 1. The molecule has 3 aromatic rings. The number of pyridine rings is 1. The molecule has 0 aliphatic rings. The van der Waals surface area contributed by atoms with Crippen LogP contribution in [-0.4, -0.2) is 10.9 Å². The van der Waals surface area contributed by atoms with Gasteiger partial charge in [-0.1, -0.05) is 35.3 Å². The molecule has 0 aliphatic heterocycles. The zero-order valence-electron chi connectivity index (χ0n) is 13.7. The van der Waals surface area contributed by atoms with Crippen molar-refractivity contribution in [2.24, 2.45) is 0 Å². The van der Waals surface area contributed by atoms with E-state index in [1.165, 1.54) is 6.07 Å². The van der Waals surface area contributed by atoms with Crippen LogP contribution in [0.1, 0.15) is 15.9 Å². The number of rotatable bonds is 5. The van der Waals surface area contributed by atoms with Gasteiger partial charge in [0.25, 0.3) is 5.91 Å². The number of nitrogens with one attached hydrogen (secondary N) is 2. The van der Waals surface area contributed by atoms with Gasteiger partial charge in [0, 0.05) is 23.5 Å². The van der Waals surface area contributed by atoms with Crippen molar-refractivity contribution in [3.8, 4) is 0 Å². The number of nitrogens with two attached hydrogens (primary N) is 1. The molecule has 0 aliphatic carbocycles. The summed E-state index contributed by atoms with van der Waals surface area (Å²) in [5, 5.41) is 6.84. The summed E-state index contributed by atoms with van der Waals surface area (Å²) in [5.74, 6) is 0.141. The highest BCUT2D eigenvalue weighted by Gasteiger charge is 2.11.